The van der Waals surface area contributed by atoms with Gasteiger partial charge in [0.25, 0.3) is 0 Å². The summed E-state index contributed by atoms with van der Waals surface area (Å²) in [5.41, 5.74) is 0.809. The van der Waals surface area contributed by atoms with Crippen molar-refractivity contribution in [1.29, 1.82) is 0 Å². The molecule has 1 fully saturated rings. The number of benzene rings is 1. The number of nitrogens with one attached hydrogen (secondary N) is 1. The Bertz CT molecular complexity index is 606. The minimum absolute atomic E-state index is 0. The van der Waals surface area contributed by atoms with Crippen molar-refractivity contribution in [2.75, 3.05) is 64.8 Å². The zero-order valence-electron chi connectivity index (χ0n) is 15.5. The van der Waals surface area contributed by atoms with Crippen LogP contribution in [0.4, 0.5) is 18.9 Å². The topological polar surface area (TPSA) is 54.3 Å². The van der Waals surface area contributed by atoms with Crippen molar-refractivity contribution in [3.63, 3.8) is 0 Å². The number of hydrogen-bond donors (Lipinski definition) is 2. The van der Waals surface area contributed by atoms with Crippen molar-refractivity contribution in [2.45, 2.75) is 6.18 Å². The highest BCUT2D eigenvalue weighted by Gasteiger charge is 2.29. The number of piperazine rings is 1. The van der Waals surface area contributed by atoms with Gasteiger partial charge in [-0.15, -0.1) is 24.0 Å². The van der Waals surface area contributed by atoms with Gasteiger partial charge in [-0.2, -0.15) is 13.2 Å². The number of halogens is 4. The smallest absolute Gasteiger partial charge is 0.401 e. The molecular weight excluding hydrogens is 474 g/mol. The lowest BCUT2D eigenvalue weighted by molar-refractivity contribution is -0.142. The zero-order valence-corrected chi connectivity index (χ0v) is 17.9. The highest BCUT2D eigenvalue weighted by atomic mass is 127. The van der Waals surface area contributed by atoms with Gasteiger partial charge in [-0.1, -0.05) is 12.1 Å². The lowest BCUT2D eigenvalue weighted by Crippen LogP contribution is -2.53. The van der Waals surface area contributed by atoms with Crippen molar-refractivity contribution in [3.05, 3.63) is 24.3 Å². The van der Waals surface area contributed by atoms with Crippen molar-refractivity contribution < 1.29 is 18.3 Å². The number of aliphatic imine (C=N–C) groups is 1. The highest BCUT2D eigenvalue weighted by molar-refractivity contribution is 14.0. The van der Waals surface area contributed by atoms with E-state index in [2.05, 4.69) is 20.1 Å². The van der Waals surface area contributed by atoms with Gasteiger partial charge in [0.05, 0.1) is 12.2 Å². The first kappa shape index (κ1) is 23.6. The number of phenolic OH excluding ortho intramolecular Hbond substituents is 1. The number of phenols is 1. The van der Waals surface area contributed by atoms with E-state index in [0.29, 0.717) is 25.6 Å². The predicted molar refractivity (Wildman–Crippen MR) is 112 cm³/mol. The summed E-state index contributed by atoms with van der Waals surface area (Å²) in [6.45, 7) is 2.62. The molecule has 1 aliphatic rings. The second-order valence-electron chi connectivity index (χ2n) is 6.29. The molecule has 0 radical (unpaired) electrons. The normalized spacial score (nSPS) is 15.7. The second kappa shape index (κ2) is 10.8. The number of guanidine groups is 1. The molecule has 154 valence electrons. The molecule has 0 aliphatic carbocycles. The summed E-state index contributed by atoms with van der Waals surface area (Å²) in [5.74, 6) is 0.943. The summed E-state index contributed by atoms with van der Waals surface area (Å²) < 4.78 is 37.0. The second-order valence-corrected chi connectivity index (χ2v) is 6.29. The number of anilines is 1. The fourth-order valence-corrected chi connectivity index (χ4v) is 2.97. The molecule has 2 rings (SSSR count). The summed E-state index contributed by atoms with van der Waals surface area (Å²) in [6.07, 6.45) is -4.18. The summed E-state index contributed by atoms with van der Waals surface area (Å²) >= 11 is 0. The number of likely N-dealkylation sites (N-methyl/N-ethyl adjacent to an activating group) is 1. The van der Waals surface area contributed by atoms with Crippen LogP contribution in [0.3, 0.4) is 0 Å². The Morgan fingerprint density at radius 1 is 1.22 bits per heavy atom. The maximum absolute atomic E-state index is 12.3. The number of para-hydroxylation sites is 2. The molecular formula is C17H27F3IN5O. The third kappa shape index (κ3) is 7.60. The lowest BCUT2D eigenvalue weighted by Gasteiger charge is -2.38. The molecule has 0 unspecified atom stereocenters. The van der Waals surface area contributed by atoms with E-state index < -0.39 is 12.7 Å². The molecule has 1 heterocycles. The highest BCUT2D eigenvalue weighted by Crippen LogP contribution is 2.27. The first-order chi connectivity index (χ1) is 12.3. The number of aromatic hydroxyl groups is 1. The van der Waals surface area contributed by atoms with Crippen molar-refractivity contribution in [1.82, 2.24) is 15.1 Å². The van der Waals surface area contributed by atoms with E-state index >= 15 is 0 Å². The van der Waals surface area contributed by atoms with E-state index in [9.17, 15) is 18.3 Å². The molecule has 1 saturated heterocycles. The maximum atomic E-state index is 12.3. The van der Waals surface area contributed by atoms with Gasteiger partial charge < -0.3 is 20.2 Å². The molecule has 10 heteroatoms. The first-order valence-corrected chi connectivity index (χ1v) is 8.54. The molecule has 0 saturated carbocycles. The molecule has 0 spiro atoms. The van der Waals surface area contributed by atoms with Crippen LogP contribution in [0.1, 0.15) is 0 Å². The van der Waals surface area contributed by atoms with Gasteiger partial charge in [0.15, 0.2) is 5.96 Å². The maximum Gasteiger partial charge on any atom is 0.401 e. The molecule has 1 aliphatic heterocycles. The Kier molecular flexibility index (Phi) is 9.43. The zero-order chi connectivity index (χ0) is 19.2. The third-order valence-corrected chi connectivity index (χ3v) is 4.24. The average Bonchev–Trinajstić information content (AvgIpc) is 2.58. The van der Waals surface area contributed by atoms with Gasteiger partial charge in [-0.05, 0) is 19.2 Å². The van der Waals surface area contributed by atoms with Crippen LogP contribution in [0.2, 0.25) is 0 Å². The molecule has 0 aromatic heterocycles. The predicted octanol–water partition coefficient (Wildman–Crippen LogP) is 2.20. The van der Waals surface area contributed by atoms with Crippen LogP contribution in [0.25, 0.3) is 0 Å². The Balaban J connectivity index is 0.00000364. The minimum atomic E-state index is -4.18. The van der Waals surface area contributed by atoms with Gasteiger partial charge in [-0.3, -0.25) is 9.89 Å². The molecule has 27 heavy (non-hydrogen) atoms. The van der Waals surface area contributed by atoms with Crippen molar-refractivity contribution in [3.8, 4) is 5.75 Å². The fourth-order valence-electron chi connectivity index (χ4n) is 2.97. The Morgan fingerprint density at radius 3 is 2.41 bits per heavy atom. The number of alkyl halides is 3. The van der Waals surface area contributed by atoms with Gasteiger partial charge in [0.2, 0.25) is 0 Å². The van der Waals surface area contributed by atoms with Crippen LogP contribution in [0.15, 0.2) is 29.3 Å². The van der Waals surface area contributed by atoms with E-state index in [0.717, 1.165) is 18.8 Å². The standard InChI is InChI=1S/C17H26F3N5O.HI/c1-21-16(22-7-8-23(2)13-17(18,19)20)25-11-9-24(10-12-25)14-5-3-4-6-15(14)26;/h3-6,26H,7-13H2,1-2H3,(H,21,22);1H. The Morgan fingerprint density at radius 2 is 1.85 bits per heavy atom. The van der Waals surface area contributed by atoms with Crippen LogP contribution in [0, 0.1) is 0 Å². The summed E-state index contributed by atoms with van der Waals surface area (Å²) in [6, 6.07) is 7.23. The molecule has 6 nitrogen and oxygen atoms in total. The van der Waals surface area contributed by atoms with Gasteiger partial charge in [0, 0.05) is 46.3 Å². The molecule has 0 amide bonds. The SMILES string of the molecule is CN=C(NCCN(C)CC(F)(F)F)N1CCN(c2ccccc2O)CC1.I. The summed E-state index contributed by atoms with van der Waals surface area (Å²) in [7, 11) is 3.11. The largest absolute Gasteiger partial charge is 0.506 e. The summed E-state index contributed by atoms with van der Waals surface area (Å²) in [4.78, 5) is 9.63. The van der Waals surface area contributed by atoms with E-state index in [4.69, 9.17) is 0 Å². The monoisotopic (exact) mass is 501 g/mol. The van der Waals surface area contributed by atoms with Crippen molar-refractivity contribution in [2.24, 2.45) is 4.99 Å². The fraction of sp³-hybridized carbons (Fsp3) is 0.588. The van der Waals surface area contributed by atoms with Crippen LogP contribution >= 0.6 is 24.0 Å². The quantitative estimate of drug-likeness (QED) is 0.368. The van der Waals surface area contributed by atoms with Crippen LogP contribution < -0.4 is 10.2 Å². The third-order valence-electron chi connectivity index (χ3n) is 4.24. The molecule has 0 bridgehead atoms. The first-order valence-electron chi connectivity index (χ1n) is 8.54. The number of nitrogens with zero attached hydrogens (tertiary/aromatic N) is 4. The lowest BCUT2D eigenvalue weighted by atomic mass is 10.2. The van der Waals surface area contributed by atoms with E-state index in [1.54, 1.807) is 19.2 Å². The van der Waals surface area contributed by atoms with Crippen LogP contribution in [-0.2, 0) is 0 Å². The number of hydrogen-bond acceptors (Lipinski definition) is 4. The van der Waals surface area contributed by atoms with E-state index in [1.807, 2.05) is 12.1 Å². The number of rotatable bonds is 5. The Hall–Kier alpha value is -1.43. The van der Waals surface area contributed by atoms with Crippen LogP contribution in [-0.4, -0.2) is 87.0 Å². The van der Waals surface area contributed by atoms with Gasteiger partial charge in [-0.25, -0.2) is 0 Å². The minimum Gasteiger partial charge on any atom is -0.506 e. The molecule has 2 N–H and O–H groups in total. The molecule has 1 aromatic carbocycles. The van der Waals surface area contributed by atoms with E-state index in [-0.39, 0.29) is 36.3 Å². The molecule has 1 aromatic rings. The van der Waals surface area contributed by atoms with Gasteiger partial charge in [0.1, 0.15) is 5.75 Å². The summed E-state index contributed by atoms with van der Waals surface area (Å²) in [5, 5.41) is 13.1. The van der Waals surface area contributed by atoms with E-state index in [1.165, 1.54) is 11.9 Å². The Labute approximate surface area is 175 Å². The molecule has 0 atom stereocenters. The van der Waals surface area contributed by atoms with Gasteiger partial charge >= 0.3 is 6.18 Å². The van der Waals surface area contributed by atoms with Crippen molar-refractivity contribution >= 4 is 35.6 Å². The average molecular weight is 501 g/mol. The van der Waals surface area contributed by atoms with Crippen LogP contribution in [0.5, 0.6) is 5.75 Å².